The summed E-state index contributed by atoms with van der Waals surface area (Å²) in [5, 5.41) is 2.76. The molecule has 3 nitrogen and oxygen atoms in total. The highest BCUT2D eigenvalue weighted by Crippen LogP contribution is 2.24. The van der Waals surface area contributed by atoms with Gasteiger partial charge in [0.1, 0.15) is 5.75 Å². The Bertz CT molecular complexity index is 427. The highest BCUT2D eigenvalue weighted by molar-refractivity contribution is 5.78. The van der Waals surface area contributed by atoms with E-state index in [9.17, 15) is 18.0 Å². The van der Waals surface area contributed by atoms with Crippen molar-refractivity contribution in [1.29, 1.82) is 0 Å². The Morgan fingerprint density at radius 3 is 2.11 bits per heavy atom. The third-order valence-electron chi connectivity index (χ3n) is 2.50. The van der Waals surface area contributed by atoms with E-state index in [0.717, 1.165) is 0 Å². The van der Waals surface area contributed by atoms with Crippen LogP contribution in [-0.2, 0) is 4.79 Å². The summed E-state index contributed by atoms with van der Waals surface area (Å²) in [6, 6.07) is 5.16. The first-order valence-corrected chi connectivity index (χ1v) is 5.85. The maximum Gasteiger partial charge on any atom is 0.573 e. The van der Waals surface area contributed by atoms with Crippen molar-refractivity contribution in [1.82, 2.24) is 5.32 Å². The lowest BCUT2D eigenvalue weighted by molar-refractivity contribution is -0.274. The molecule has 0 aromatic heterocycles. The van der Waals surface area contributed by atoms with E-state index < -0.39 is 6.36 Å². The molecule has 0 spiro atoms. The number of carbonyl (C=O) groups excluding carboxylic acids is 1. The van der Waals surface area contributed by atoms with Gasteiger partial charge in [0.15, 0.2) is 0 Å². The van der Waals surface area contributed by atoms with E-state index in [1.807, 2.05) is 0 Å². The second kappa shape index (κ2) is 5.95. The number of alkyl halides is 3. The Balaban J connectivity index is 2.68. The molecule has 0 fully saturated rings. The summed E-state index contributed by atoms with van der Waals surface area (Å²) in [5.74, 6) is -0.531. The summed E-state index contributed by atoms with van der Waals surface area (Å²) in [4.78, 5) is 11.5. The molecule has 0 aliphatic carbocycles. The van der Waals surface area contributed by atoms with Gasteiger partial charge in [-0.1, -0.05) is 26.0 Å². The SMILES string of the molecule is CC(C)C(=O)N[C@H](C)c1ccc(OC(F)(F)F)cc1. The summed E-state index contributed by atoms with van der Waals surface area (Å²) >= 11 is 0. The normalized spacial score (nSPS) is 13.2. The summed E-state index contributed by atoms with van der Waals surface area (Å²) in [6.07, 6.45) is -4.70. The molecule has 6 heteroatoms. The van der Waals surface area contributed by atoms with Crippen LogP contribution in [0.4, 0.5) is 13.2 Å². The number of halogens is 3. The third kappa shape index (κ3) is 5.19. The maximum atomic E-state index is 12.0. The van der Waals surface area contributed by atoms with Gasteiger partial charge in [-0.15, -0.1) is 13.2 Å². The highest BCUT2D eigenvalue weighted by Gasteiger charge is 2.31. The maximum absolute atomic E-state index is 12.0. The second-order valence-corrected chi connectivity index (χ2v) is 4.50. The van der Waals surface area contributed by atoms with Crippen LogP contribution in [0.5, 0.6) is 5.75 Å². The first kappa shape index (κ1) is 15.3. The van der Waals surface area contributed by atoms with Crippen LogP contribution in [0.2, 0.25) is 0 Å². The molecule has 0 unspecified atom stereocenters. The Hall–Kier alpha value is -1.72. The highest BCUT2D eigenvalue weighted by atomic mass is 19.4. The molecule has 0 saturated heterocycles. The van der Waals surface area contributed by atoms with E-state index in [2.05, 4.69) is 10.1 Å². The average molecular weight is 275 g/mol. The zero-order valence-corrected chi connectivity index (χ0v) is 10.9. The molecule has 1 N–H and O–H groups in total. The van der Waals surface area contributed by atoms with Crippen molar-refractivity contribution >= 4 is 5.91 Å². The van der Waals surface area contributed by atoms with Gasteiger partial charge in [0.2, 0.25) is 5.91 Å². The Labute approximate surface area is 109 Å². The van der Waals surface area contributed by atoms with Gasteiger partial charge in [0, 0.05) is 5.92 Å². The first-order chi connectivity index (χ1) is 8.69. The fraction of sp³-hybridized carbons (Fsp3) is 0.462. The molecule has 1 rings (SSSR count). The minimum Gasteiger partial charge on any atom is -0.406 e. The molecule has 1 amide bonds. The molecule has 0 bridgehead atoms. The van der Waals surface area contributed by atoms with Crippen molar-refractivity contribution < 1.29 is 22.7 Å². The summed E-state index contributed by atoms with van der Waals surface area (Å²) < 4.78 is 39.7. The molecule has 1 aromatic rings. The van der Waals surface area contributed by atoms with Crippen LogP contribution in [0.3, 0.4) is 0 Å². The molecular formula is C13H16F3NO2. The smallest absolute Gasteiger partial charge is 0.406 e. The zero-order chi connectivity index (χ0) is 14.6. The summed E-state index contributed by atoms with van der Waals surface area (Å²) in [7, 11) is 0. The lowest BCUT2D eigenvalue weighted by Crippen LogP contribution is -2.30. The lowest BCUT2D eigenvalue weighted by atomic mass is 10.1. The summed E-state index contributed by atoms with van der Waals surface area (Å²) in [6.45, 7) is 5.30. The number of ether oxygens (including phenoxy) is 1. The number of rotatable bonds is 4. The molecule has 106 valence electrons. The van der Waals surface area contributed by atoms with E-state index in [1.165, 1.54) is 24.3 Å². The minimum atomic E-state index is -4.70. The van der Waals surface area contributed by atoms with Crippen LogP contribution in [0.15, 0.2) is 24.3 Å². The van der Waals surface area contributed by atoms with Gasteiger partial charge in [-0.3, -0.25) is 4.79 Å². The summed E-state index contributed by atoms with van der Waals surface area (Å²) in [5.41, 5.74) is 0.712. The van der Waals surface area contributed by atoms with Crippen LogP contribution in [0.1, 0.15) is 32.4 Å². The van der Waals surface area contributed by atoms with Crippen molar-refractivity contribution in [3.63, 3.8) is 0 Å². The Morgan fingerprint density at radius 2 is 1.68 bits per heavy atom. The largest absolute Gasteiger partial charge is 0.573 e. The molecular weight excluding hydrogens is 259 g/mol. The molecule has 0 heterocycles. The van der Waals surface area contributed by atoms with Gasteiger partial charge in [0.25, 0.3) is 0 Å². The Morgan fingerprint density at radius 1 is 1.16 bits per heavy atom. The zero-order valence-electron chi connectivity index (χ0n) is 10.9. The standard InChI is InChI=1S/C13H16F3NO2/c1-8(2)12(18)17-9(3)10-4-6-11(7-5-10)19-13(14,15)16/h4-9H,1-3H3,(H,17,18)/t9-/m1/s1. The van der Waals surface area contributed by atoms with Crippen LogP contribution in [0, 0.1) is 5.92 Å². The van der Waals surface area contributed by atoms with Crippen LogP contribution < -0.4 is 10.1 Å². The monoisotopic (exact) mass is 275 g/mol. The van der Waals surface area contributed by atoms with E-state index >= 15 is 0 Å². The Kier molecular flexibility index (Phi) is 4.80. The minimum absolute atomic E-state index is 0.108. The number of amides is 1. The average Bonchev–Trinajstić information content (AvgIpc) is 2.27. The van der Waals surface area contributed by atoms with E-state index in [0.29, 0.717) is 5.56 Å². The number of hydrogen-bond acceptors (Lipinski definition) is 2. The van der Waals surface area contributed by atoms with E-state index in [4.69, 9.17) is 0 Å². The van der Waals surface area contributed by atoms with Gasteiger partial charge >= 0.3 is 6.36 Å². The van der Waals surface area contributed by atoms with Crippen molar-refractivity contribution in [3.05, 3.63) is 29.8 Å². The van der Waals surface area contributed by atoms with Gasteiger partial charge in [-0.2, -0.15) is 0 Å². The van der Waals surface area contributed by atoms with Gasteiger partial charge in [0.05, 0.1) is 6.04 Å². The van der Waals surface area contributed by atoms with Crippen molar-refractivity contribution in [3.8, 4) is 5.75 Å². The number of nitrogens with one attached hydrogen (secondary N) is 1. The van der Waals surface area contributed by atoms with Gasteiger partial charge < -0.3 is 10.1 Å². The first-order valence-electron chi connectivity index (χ1n) is 5.85. The fourth-order valence-electron chi connectivity index (χ4n) is 1.42. The second-order valence-electron chi connectivity index (χ2n) is 4.50. The molecule has 19 heavy (non-hydrogen) atoms. The molecule has 0 aliphatic heterocycles. The predicted molar refractivity (Wildman–Crippen MR) is 64.5 cm³/mol. The van der Waals surface area contributed by atoms with Crippen LogP contribution in [-0.4, -0.2) is 12.3 Å². The van der Waals surface area contributed by atoms with Crippen molar-refractivity contribution in [2.24, 2.45) is 5.92 Å². The molecule has 0 aliphatic rings. The number of hydrogen-bond donors (Lipinski definition) is 1. The van der Waals surface area contributed by atoms with Crippen molar-refractivity contribution in [2.45, 2.75) is 33.2 Å². The lowest BCUT2D eigenvalue weighted by Gasteiger charge is -2.16. The molecule has 0 saturated carbocycles. The predicted octanol–water partition coefficient (Wildman–Crippen LogP) is 3.42. The van der Waals surface area contributed by atoms with Crippen LogP contribution >= 0.6 is 0 Å². The molecule has 0 radical (unpaired) electrons. The van der Waals surface area contributed by atoms with E-state index in [1.54, 1.807) is 20.8 Å². The third-order valence-corrected chi connectivity index (χ3v) is 2.50. The number of benzene rings is 1. The van der Waals surface area contributed by atoms with Crippen molar-refractivity contribution in [2.75, 3.05) is 0 Å². The molecule has 1 aromatic carbocycles. The fourth-order valence-corrected chi connectivity index (χ4v) is 1.42. The van der Waals surface area contributed by atoms with Gasteiger partial charge in [-0.25, -0.2) is 0 Å². The van der Waals surface area contributed by atoms with Crippen LogP contribution in [0.25, 0.3) is 0 Å². The van der Waals surface area contributed by atoms with Gasteiger partial charge in [-0.05, 0) is 24.6 Å². The quantitative estimate of drug-likeness (QED) is 0.914. The molecule has 1 atom stereocenters. The topological polar surface area (TPSA) is 38.3 Å². The number of carbonyl (C=O) groups is 1. The van der Waals surface area contributed by atoms with E-state index in [-0.39, 0.29) is 23.6 Å².